The van der Waals surface area contributed by atoms with Crippen molar-refractivity contribution in [3.8, 4) is 6.07 Å². The summed E-state index contributed by atoms with van der Waals surface area (Å²) >= 11 is 3.01. The van der Waals surface area contributed by atoms with Crippen molar-refractivity contribution in [3.05, 3.63) is 74.6 Å². The second kappa shape index (κ2) is 11.6. The molecule has 34 heavy (non-hydrogen) atoms. The normalized spacial score (nSPS) is 14.9. The maximum atomic E-state index is 12.3. The lowest BCUT2D eigenvalue weighted by molar-refractivity contribution is -0.111. The lowest BCUT2D eigenvalue weighted by atomic mass is 9.88. The molecule has 3 aromatic rings. The van der Waals surface area contributed by atoms with Crippen molar-refractivity contribution in [1.82, 2.24) is 10.3 Å². The van der Waals surface area contributed by atoms with E-state index in [1.807, 2.05) is 29.0 Å². The summed E-state index contributed by atoms with van der Waals surface area (Å²) in [5.41, 5.74) is 3.57. The Labute approximate surface area is 206 Å². The van der Waals surface area contributed by atoms with E-state index in [0.29, 0.717) is 30.1 Å². The Balaban J connectivity index is 1.27. The Bertz CT molecular complexity index is 1200. The fourth-order valence-electron chi connectivity index (χ4n) is 3.80. The number of rotatable bonds is 8. The van der Waals surface area contributed by atoms with E-state index in [1.165, 1.54) is 17.4 Å². The molecule has 3 aromatic heterocycles. The van der Waals surface area contributed by atoms with Crippen LogP contribution in [-0.4, -0.2) is 30.1 Å². The summed E-state index contributed by atoms with van der Waals surface area (Å²) in [7, 11) is 0. The molecule has 1 unspecified atom stereocenters. The molecule has 2 N–H and O–H groups in total. The van der Waals surface area contributed by atoms with Crippen molar-refractivity contribution in [3.63, 3.8) is 0 Å². The lowest BCUT2D eigenvalue weighted by Gasteiger charge is -2.21. The van der Waals surface area contributed by atoms with E-state index in [1.54, 1.807) is 29.8 Å². The Kier molecular flexibility index (Phi) is 8.07. The number of amides is 2. The quantitative estimate of drug-likeness (QED) is 0.440. The number of alkyl carbamates (subject to hydrolysis) is 1. The molecule has 0 spiro atoms. The summed E-state index contributed by atoms with van der Waals surface area (Å²) in [4.78, 5) is 29.5. The number of nitriles is 1. The molecule has 1 atom stereocenters. The number of anilines is 1. The number of carbonyl (C=O) groups excluding carboxylic acids is 2. The SMILES string of the molecule is N#Cc1c(NC(=O)/C=C/c2ccsc2)sc2c1CCC(COC(=O)NCCc1cccnc1)C2. The van der Waals surface area contributed by atoms with Gasteiger partial charge in [0.1, 0.15) is 11.1 Å². The molecule has 3 heterocycles. The zero-order chi connectivity index (χ0) is 23.8. The van der Waals surface area contributed by atoms with Crippen LogP contribution in [-0.2, 0) is 28.8 Å². The van der Waals surface area contributed by atoms with E-state index < -0.39 is 6.09 Å². The Morgan fingerprint density at radius 1 is 1.35 bits per heavy atom. The zero-order valence-electron chi connectivity index (χ0n) is 18.5. The van der Waals surface area contributed by atoms with E-state index in [4.69, 9.17) is 4.74 Å². The van der Waals surface area contributed by atoms with Gasteiger partial charge in [-0.3, -0.25) is 9.78 Å². The molecule has 2 amide bonds. The van der Waals surface area contributed by atoms with Gasteiger partial charge in [-0.15, -0.1) is 11.3 Å². The standard InChI is InChI=1S/C25H24N4O3S2/c26-13-21-20-5-3-19(15-32-25(31)28-10-7-17-2-1-9-27-14-17)12-22(20)34-24(21)29-23(30)6-4-18-8-11-33-16-18/h1-2,4,6,8-9,11,14,16,19H,3,5,7,10,12,15H2,(H,28,31)(H,29,30)/b6-4+. The van der Waals surface area contributed by atoms with Gasteiger partial charge in [-0.25, -0.2) is 4.79 Å². The van der Waals surface area contributed by atoms with Crippen LogP contribution in [0.25, 0.3) is 6.08 Å². The van der Waals surface area contributed by atoms with Crippen LogP contribution in [0.3, 0.4) is 0 Å². The lowest BCUT2D eigenvalue weighted by Crippen LogP contribution is -2.29. The number of pyridine rings is 1. The fraction of sp³-hybridized carbons (Fsp3) is 0.280. The summed E-state index contributed by atoms with van der Waals surface area (Å²) in [5.74, 6) is -0.0760. The number of thiophene rings is 2. The number of carbonyl (C=O) groups is 2. The first-order chi connectivity index (χ1) is 16.6. The number of aromatic nitrogens is 1. The minimum Gasteiger partial charge on any atom is -0.449 e. The van der Waals surface area contributed by atoms with E-state index in [2.05, 4.69) is 21.7 Å². The third-order valence-electron chi connectivity index (χ3n) is 5.54. The van der Waals surface area contributed by atoms with Crippen LogP contribution in [0, 0.1) is 17.2 Å². The molecule has 4 rings (SSSR count). The molecule has 0 saturated carbocycles. The highest BCUT2D eigenvalue weighted by atomic mass is 32.1. The first kappa shape index (κ1) is 23.7. The highest BCUT2D eigenvalue weighted by molar-refractivity contribution is 7.16. The highest BCUT2D eigenvalue weighted by Gasteiger charge is 2.27. The number of nitrogens with zero attached hydrogens (tertiary/aromatic N) is 2. The van der Waals surface area contributed by atoms with E-state index in [0.717, 1.165) is 40.8 Å². The molecule has 0 radical (unpaired) electrons. The molecule has 0 fully saturated rings. The predicted molar refractivity (Wildman–Crippen MR) is 134 cm³/mol. The van der Waals surface area contributed by atoms with Gasteiger partial charge in [0.05, 0.1) is 12.2 Å². The molecule has 7 nitrogen and oxygen atoms in total. The Morgan fingerprint density at radius 2 is 2.26 bits per heavy atom. The van der Waals surface area contributed by atoms with Gasteiger partial charge >= 0.3 is 6.09 Å². The molecule has 0 bridgehead atoms. The van der Waals surface area contributed by atoms with Gasteiger partial charge in [0.25, 0.3) is 0 Å². The van der Waals surface area contributed by atoms with E-state index in [-0.39, 0.29) is 11.8 Å². The molecule has 0 aromatic carbocycles. The average molecular weight is 493 g/mol. The van der Waals surface area contributed by atoms with Crippen LogP contribution in [0.1, 0.15) is 33.6 Å². The monoisotopic (exact) mass is 492 g/mol. The van der Waals surface area contributed by atoms with Gasteiger partial charge < -0.3 is 15.4 Å². The van der Waals surface area contributed by atoms with E-state index in [9.17, 15) is 14.9 Å². The Hall–Kier alpha value is -3.48. The van der Waals surface area contributed by atoms with Gasteiger partial charge in [-0.2, -0.15) is 16.6 Å². The van der Waals surface area contributed by atoms with Crippen molar-refractivity contribution in [2.45, 2.75) is 25.7 Å². The third kappa shape index (κ3) is 6.31. The molecule has 1 aliphatic rings. The fourth-order valence-corrected chi connectivity index (χ4v) is 5.74. The maximum absolute atomic E-state index is 12.3. The minimum absolute atomic E-state index is 0.184. The maximum Gasteiger partial charge on any atom is 0.407 e. The first-order valence-corrected chi connectivity index (χ1v) is 12.7. The van der Waals surface area contributed by atoms with Crippen molar-refractivity contribution in [2.75, 3.05) is 18.5 Å². The number of ether oxygens (including phenoxy) is 1. The van der Waals surface area contributed by atoms with Crippen molar-refractivity contribution in [2.24, 2.45) is 5.92 Å². The molecule has 9 heteroatoms. The number of fused-ring (bicyclic) bond motifs is 1. The average Bonchev–Trinajstić information content (AvgIpc) is 3.49. The Morgan fingerprint density at radius 3 is 3.03 bits per heavy atom. The third-order valence-corrected chi connectivity index (χ3v) is 7.41. The largest absolute Gasteiger partial charge is 0.449 e. The molecule has 0 aliphatic heterocycles. The second-order valence-electron chi connectivity index (χ2n) is 7.94. The number of hydrogen-bond acceptors (Lipinski definition) is 7. The van der Waals surface area contributed by atoms with Gasteiger partial charge in [-0.05, 0) is 77.3 Å². The van der Waals surface area contributed by atoms with Gasteiger partial charge in [-0.1, -0.05) is 6.07 Å². The van der Waals surface area contributed by atoms with Crippen LogP contribution in [0.5, 0.6) is 0 Å². The molecular weight excluding hydrogens is 468 g/mol. The van der Waals surface area contributed by atoms with Crippen molar-refractivity contribution < 1.29 is 14.3 Å². The molecule has 174 valence electrons. The molecule has 0 saturated heterocycles. The predicted octanol–water partition coefficient (Wildman–Crippen LogP) is 4.80. The van der Waals surface area contributed by atoms with Gasteiger partial charge in [0.2, 0.25) is 5.91 Å². The smallest absolute Gasteiger partial charge is 0.407 e. The van der Waals surface area contributed by atoms with E-state index >= 15 is 0 Å². The number of hydrogen-bond donors (Lipinski definition) is 2. The van der Waals surface area contributed by atoms with Crippen molar-refractivity contribution in [1.29, 1.82) is 5.26 Å². The van der Waals surface area contributed by atoms with Crippen LogP contribution in [0.2, 0.25) is 0 Å². The topological polar surface area (TPSA) is 104 Å². The molecular formula is C25H24N4O3S2. The van der Waals surface area contributed by atoms with Crippen LogP contribution < -0.4 is 10.6 Å². The number of nitrogens with one attached hydrogen (secondary N) is 2. The first-order valence-electron chi connectivity index (χ1n) is 11.0. The summed E-state index contributed by atoms with van der Waals surface area (Å²) < 4.78 is 5.43. The minimum atomic E-state index is -0.427. The summed E-state index contributed by atoms with van der Waals surface area (Å²) in [6.45, 7) is 0.808. The van der Waals surface area contributed by atoms with Gasteiger partial charge in [0.15, 0.2) is 0 Å². The summed E-state index contributed by atoms with van der Waals surface area (Å²) in [6.07, 6.45) is 9.26. The van der Waals surface area contributed by atoms with Crippen LogP contribution in [0.15, 0.2) is 47.4 Å². The van der Waals surface area contributed by atoms with Crippen LogP contribution >= 0.6 is 22.7 Å². The van der Waals surface area contributed by atoms with Crippen molar-refractivity contribution >= 4 is 45.8 Å². The van der Waals surface area contributed by atoms with Gasteiger partial charge in [0, 0.05) is 29.9 Å². The summed E-state index contributed by atoms with van der Waals surface area (Å²) in [5, 5.41) is 19.8. The highest BCUT2D eigenvalue weighted by Crippen LogP contribution is 2.39. The molecule has 1 aliphatic carbocycles. The van der Waals surface area contributed by atoms with Crippen LogP contribution in [0.4, 0.5) is 9.80 Å². The second-order valence-corrected chi connectivity index (χ2v) is 9.83. The zero-order valence-corrected chi connectivity index (χ0v) is 20.1. The summed E-state index contributed by atoms with van der Waals surface area (Å²) in [6, 6.07) is 8.02.